The molecule has 0 atom stereocenters. The van der Waals surface area contributed by atoms with Crippen LogP contribution in [0.4, 0.5) is 0 Å². The molecular weight excluding hydrogens is 248 g/mol. The fraction of sp³-hybridized carbons (Fsp3) is 0.167. The normalized spacial score (nSPS) is 11.1. The highest BCUT2D eigenvalue weighted by Crippen LogP contribution is 2.22. The maximum Gasteiger partial charge on any atom is 0.200 e. The van der Waals surface area contributed by atoms with Gasteiger partial charge in [-0.1, -0.05) is 29.8 Å². The first-order chi connectivity index (χ1) is 9.66. The van der Waals surface area contributed by atoms with Crippen LogP contribution in [0.3, 0.4) is 0 Å². The lowest BCUT2D eigenvalue weighted by molar-refractivity contribution is 0.659. The lowest BCUT2D eigenvalue weighted by Crippen LogP contribution is -2.05. The highest BCUT2D eigenvalue weighted by Gasteiger charge is 2.10. The van der Waals surface area contributed by atoms with Crippen LogP contribution in [0.2, 0.25) is 0 Å². The summed E-state index contributed by atoms with van der Waals surface area (Å²) in [7, 11) is 0. The Morgan fingerprint density at radius 1 is 1.10 bits per heavy atom. The first-order valence-electron chi connectivity index (χ1n) is 6.74. The highest BCUT2D eigenvalue weighted by molar-refractivity contribution is 5.91. The third kappa shape index (κ3) is 2.14. The lowest BCUT2D eigenvalue weighted by Gasteiger charge is -2.07. The van der Waals surface area contributed by atoms with Crippen LogP contribution >= 0.6 is 0 Å². The van der Waals surface area contributed by atoms with E-state index in [9.17, 15) is 4.79 Å². The van der Waals surface area contributed by atoms with Crippen LogP contribution in [-0.4, -0.2) is 0 Å². The maximum absolute atomic E-state index is 12.7. The fourth-order valence-corrected chi connectivity index (χ4v) is 2.47. The molecule has 0 N–H and O–H groups in total. The number of benzene rings is 2. The van der Waals surface area contributed by atoms with Gasteiger partial charge in [0, 0.05) is 0 Å². The molecule has 3 rings (SSSR count). The molecule has 2 aromatic carbocycles. The zero-order valence-corrected chi connectivity index (χ0v) is 11.5. The zero-order valence-electron chi connectivity index (χ0n) is 11.5. The van der Waals surface area contributed by atoms with Crippen molar-refractivity contribution in [2.45, 2.75) is 19.8 Å². The molecule has 20 heavy (non-hydrogen) atoms. The maximum atomic E-state index is 12.7. The van der Waals surface area contributed by atoms with Gasteiger partial charge in [0.15, 0.2) is 0 Å². The minimum Gasteiger partial charge on any atom is -0.456 e. The summed E-state index contributed by atoms with van der Waals surface area (Å²) in [6, 6.07) is 13.2. The van der Waals surface area contributed by atoms with E-state index in [0.29, 0.717) is 21.9 Å². The summed E-state index contributed by atoms with van der Waals surface area (Å²) in [5, 5.41) is 1.34. The van der Waals surface area contributed by atoms with Gasteiger partial charge in [-0.2, -0.15) is 0 Å². The van der Waals surface area contributed by atoms with Crippen molar-refractivity contribution >= 4 is 21.9 Å². The van der Waals surface area contributed by atoms with Gasteiger partial charge in [-0.05, 0) is 43.5 Å². The van der Waals surface area contributed by atoms with Crippen molar-refractivity contribution < 1.29 is 4.42 Å². The quantitative estimate of drug-likeness (QED) is 0.516. The van der Waals surface area contributed by atoms with Gasteiger partial charge >= 0.3 is 0 Å². The second-order valence-electron chi connectivity index (χ2n) is 5.17. The Labute approximate surface area is 117 Å². The van der Waals surface area contributed by atoms with Crippen LogP contribution in [0, 0.1) is 0 Å². The van der Waals surface area contributed by atoms with Crippen molar-refractivity contribution in [1.82, 2.24) is 0 Å². The number of hydrogen-bond acceptors (Lipinski definition) is 2. The minimum atomic E-state index is 0.0548. The smallest absolute Gasteiger partial charge is 0.200 e. The molecule has 0 fully saturated rings. The van der Waals surface area contributed by atoms with Crippen molar-refractivity contribution in [2.24, 2.45) is 0 Å². The Balaban J connectivity index is 2.30. The summed E-state index contributed by atoms with van der Waals surface area (Å²) >= 11 is 0. The predicted octanol–water partition coefficient (Wildman–Crippen LogP) is 4.45. The van der Waals surface area contributed by atoms with Gasteiger partial charge < -0.3 is 4.42 Å². The van der Waals surface area contributed by atoms with Crippen LogP contribution in [0.5, 0.6) is 0 Å². The number of hydrogen-bond donors (Lipinski definition) is 0. The summed E-state index contributed by atoms with van der Waals surface area (Å²) in [5.74, 6) is 0. The number of allylic oxidation sites excluding steroid dienone is 1. The highest BCUT2D eigenvalue weighted by atomic mass is 16.3. The molecule has 1 heterocycles. The Morgan fingerprint density at radius 3 is 2.65 bits per heavy atom. The van der Waals surface area contributed by atoms with Crippen LogP contribution in [0.15, 0.2) is 63.8 Å². The Bertz CT molecular complexity index is 856. The van der Waals surface area contributed by atoms with Crippen LogP contribution in [-0.2, 0) is 6.42 Å². The third-order valence-electron chi connectivity index (χ3n) is 3.51. The van der Waals surface area contributed by atoms with Crippen molar-refractivity contribution in [3.63, 3.8) is 0 Å². The Kier molecular flexibility index (Phi) is 3.15. The summed E-state index contributed by atoms with van der Waals surface area (Å²) in [6.07, 6.45) is 1.70. The van der Waals surface area contributed by atoms with E-state index in [1.54, 1.807) is 0 Å². The van der Waals surface area contributed by atoms with Gasteiger partial charge in [0.05, 0.1) is 10.8 Å². The standard InChI is InChI=1S/C18H16O2/c1-12(2)10-11-13-6-5-9-16-17(13)18(19)14-7-3-4-8-15(14)20-16/h3-9H,1,10-11H2,2H3. The molecule has 0 aliphatic rings. The first-order valence-corrected chi connectivity index (χ1v) is 6.74. The number of para-hydroxylation sites is 1. The van der Waals surface area contributed by atoms with Gasteiger partial charge in [-0.15, -0.1) is 6.58 Å². The molecule has 0 spiro atoms. The third-order valence-corrected chi connectivity index (χ3v) is 3.51. The molecule has 0 aliphatic carbocycles. The van der Waals surface area contributed by atoms with Crippen LogP contribution in [0.25, 0.3) is 21.9 Å². The molecule has 0 bridgehead atoms. The van der Waals surface area contributed by atoms with Crippen LogP contribution < -0.4 is 5.43 Å². The summed E-state index contributed by atoms with van der Waals surface area (Å²) < 4.78 is 5.85. The van der Waals surface area contributed by atoms with E-state index >= 15 is 0 Å². The number of aryl methyl sites for hydroxylation is 1. The number of rotatable bonds is 3. The SMILES string of the molecule is C=C(C)CCc1cccc2oc3ccccc3c(=O)c12. The molecule has 0 saturated carbocycles. The van der Waals surface area contributed by atoms with E-state index in [2.05, 4.69) is 6.58 Å². The fourth-order valence-electron chi connectivity index (χ4n) is 2.47. The van der Waals surface area contributed by atoms with E-state index in [1.165, 1.54) is 0 Å². The second-order valence-corrected chi connectivity index (χ2v) is 5.17. The van der Waals surface area contributed by atoms with Crippen molar-refractivity contribution in [3.05, 3.63) is 70.4 Å². The summed E-state index contributed by atoms with van der Waals surface area (Å²) in [6.45, 7) is 5.92. The number of fused-ring (bicyclic) bond motifs is 2. The molecule has 2 nitrogen and oxygen atoms in total. The molecule has 2 heteroatoms. The van der Waals surface area contributed by atoms with E-state index in [1.807, 2.05) is 49.4 Å². The van der Waals surface area contributed by atoms with Gasteiger partial charge in [-0.3, -0.25) is 4.79 Å². The molecule has 100 valence electrons. The topological polar surface area (TPSA) is 30.2 Å². The van der Waals surface area contributed by atoms with E-state index in [0.717, 1.165) is 24.0 Å². The molecule has 0 aliphatic heterocycles. The Hall–Kier alpha value is -2.35. The molecular formula is C18H16O2. The lowest BCUT2D eigenvalue weighted by atomic mass is 10.0. The molecule has 0 unspecified atom stereocenters. The molecule has 1 aromatic heterocycles. The molecule has 0 amide bonds. The monoisotopic (exact) mass is 264 g/mol. The minimum absolute atomic E-state index is 0.0548. The second kappa shape index (κ2) is 4.97. The van der Waals surface area contributed by atoms with Gasteiger partial charge in [0.25, 0.3) is 0 Å². The average Bonchev–Trinajstić information content (AvgIpc) is 2.45. The van der Waals surface area contributed by atoms with Crippen LogP contribution in [0.1, 0.15) is 18.9 Å². The molecule has 0 radical (unpaired) electrons. The van der Waals surface area contributed by atoms with Crippen molar-refractivity contribution in [3.8, 4) is 0 Å². The van der Waals surface area contributed by atoms with Gasteiger partial charge in [0.2, 0.25) is 5.43 Å². The van der Waals surface area contributed by atoms with E-state index in [-0.39, 0.29) is 5.43 Å². The average molecular weight is 264 g/mol. The van der Waals surface area contributed by atoms with Crippen molar-refractivity contribution in [1.29, 1.82) is 0 Å². The summed E-state index contributed by atoms with van der Waals surface area (Å²) in [5.41, 5.74) is 3.51. The molecule has 0 saturated heterocycles. The van der Waals surface area contributed by atoms with Gasteiger partial charge in [-0.25, -0.2) is 0 Å². The van der Waals surface area contributed by atoms with Crippen molar-refractivity contribution in [2.75, 3.05) is 0 Å². The zero-order chi connectivity index (χ0) is 14.1. The summed E-state index contributed by atoms with van der Waals surface area (Å²) in [4.78, 5) is 12.7. The Morgan fingerprint density at radius 2 is 1.85 bits per heavy atom. The van der Waals surface area contributed by atoms with E-state index < -0.39 is 0 Å². The first kappa shape index (κ1) is 12.7. The molecule has 3 aromatic rings. The predicted molar refractivity (Wildman–Crippen MR) is 83.1 cm³/mol. The largest absolute Gasteiger partial charge is 0.456 e. The van der Waals surface area contributed by atoms with E-state index in [4.69, 9.17) is 4.42 Å². The van der Waals surface area contributed by atoms with Gasteiger partial charge in [0.1, 0.15) is 11.2 Å².